The van der Waals surface area contributed by atoms with Crippen molar-refractivity contribution in [2.24, 2.45) is 10.9 Å². The second-order valence-corrected chi connectivity index (χ2v) is 5.23. The lowest BCUT2D eigenvalue weighted by Crippen LogP contribution is -2.32. The molecule has 0 amide bonds. The van der Waals surface area contributed by atoms with E-state index in [2.05, 4.69) is 35.2 Å². The number of nitrogens with two attached hydrogens (primary N) is 1. The summed E-state index contributed by atoms with van der Waals surface area (Å²) in [6.45, 7) is 1.01. The van der Waals surface area contributed by atoms with E-state index in [1.54, 1.807) is 6.21 Å². The molecule has 1 saturated carbocycles. The van der Waals surface area contributed by atoms with Crippen LogP contribution in [0.3, 0.4) is 0 Å². The number of hydrazone groups is 1. The van der Waals surface area contributed by atoms with Crippen LogP contribution in [0.2, 0.25) is 0 Å². The molecule has 1 aromatic rings. The summed E-state index contributed by atoms with van der Waals surface area (Å²) in [7, 11) is 2.24. The van der Waals surface area contributed by atoms with Crippen LogP contribution in [0.4, 0.5) is 0 Å². The molecule has 0 heterocycles. The van der Waals surface area contributed by atoms with Gasteiger partial charge in [-0.05, 0) is 37.1 Å². The molecule has 3 nitrogen and oxygen atoms in total. The Labute approximate surface area is 110 Å². The maximum absolute atomic E-state index is 5.19. The molecule has 0 bridgehead atoms. The summed E-state index contributed by atoms with van der Waals surface area (Å²) in [4.78, 5) is 2.48. The Morgan fingerprint density at radius 2 is 2.11 bits per heavy atom. The third-order valence-electron chi connectivity index (χ3n) is 3.80. The first kappa shape index (κ1) is 13.1. The van der Waals surface area contributed by atoms with Crippen LogP contribution in [-0.4, -0.2) is 24.2 Å². The van der Waals surface area contributed by atoms with Gasteiger partial charge in [0, 0.05) is 12.6 Å². The van der Waals surface area contributed by atoms with Crippen molar-refractivity contribution in [2.45, 2.75) is 44.7 Å². The average Bonchev–Trinajstić information content (AvgIpc) is 2.40. The highest BCUT2D eigenvalue weighted by molar-refractivity contribution is 5.79. The summed E-state index contributed by atoms with van der Waals surface area (Å²) in [5.74, 6) is 5.19. The lowest BCUT2D eigenvalue weighted by atomic mass is 9.94. The van der Waals surface area contributed by atoms with Crippen molar-refractivity contribution in [3.05, 3.63) is 35.4 Å². The maximum Gasteiger partial charge on any atom is 0.0538 e. The highest BCUT2D eigenvalue weighted by atomic mass is 15.1. The fourth-order valence-electron chi connectivity index (χ4n) is 2.80. The SMILES string of the molecule is CN(Cc1cccc(C=NN)c1)C1CCCCC1. The van der Waals surface area contributed by atoms with Gasteiger partial charge in [-0.1, -0.05) is 37.5 Å². The summed E-state index contributed by atoms with van der Waals surface area (Å²) in [5.41, 5.74) is 2.41. The Hall–Kier alpha value is -1.35. The van der Waals surface area contributed by atoms with Gasteiger partial charge in [-0.2, -0.15) is 5.10 Å². The summed E-state index contributed by atoms with van der Waals surface area (Å²) in [5, 5.41) is 3.58. The first-order valence-corrected chi connectivity index (χ1v) is 6.82. The van der Waals surface area contributed by atoms with Crippen molar-refractivity contribution < 1.29 is 0 Å². The molecule has 0 unspecified atom stereocenters. The van der Waals surface area contributed by atoms with Crippen molar-refractivity contribution in [2.75, 3.05) is 7.05 Å². The van der Waals surface area contributed by atoms with Gasteiger partial charge in [-0.25, -0.2) is 0 Å². The fraction of sp³-hybridized carbons (Fsp3) is 0.533. The molecule has 0 aliphatic heterocycles. The van der Waals surface area contributed by atoms with E-state index in [4.69, 9.17) is 5.84 Å². The topological polar surface area (TPSA) is 41.6 Å². The third-order valence-corrected chi connectivity index (χ3v) is 3.80. The van der Waals surface area contributed by atoms with Gasteiger partial charge < -0.3 is 5.84 Å². The zero-order valence-corrected chi connectivity index (χ0v) is 11.2. The number of benzene rings is 1. The Morgan fingerprint density at radius 3 is 2.83 bits per heavy atom. The van der Waals surface area contributed by atoms with Crippen molar-refractivity contribution in [1.82, 2.24) is 4.90 Å². The van der Waals surface area contributed by atoms with E-state index in [9.17, 15) is 0 Å². The summed E-state index contributed by atoms with van der Waals surface area (Å²) < 4.78 is 0. The minimum atomic E-state index is 0.755. The second kappa shape index (κ2) is 6.55. The Balaban J connectivity index is 1.97. The minimum Gasteiger partial charge on any atom is -0.323 e. The number of hydrogen-bond donors (Lipinski definition) is 1. The van der Waals surface area contributed by atoms with Crippen LogP contribution < -0.4 is 5.84 Å². The molecule has 1 fully saturated rings. The highest BCUT2D eigenvalue weighted by Gasteiger charge is 2.17. The molecule has 0 atom stereocenters. The quantitative estimate of drug-likeness (QED) is 0.503. The molecule has 0 aromatic heterocycles. The molecule has 1 aliphatic rings. The van der Waals surface area contributed by atoms with Crippen molar-refractivity contribution in [1.29, 1.82) is 0 Å². The minimum absolute atomic E-state index is 0.755. The van der Waals surface area contributed by atoms with Crippen LogP contribution >= 0.6 is 0 Å². The van der Waals surface area contributed by atoms with Gasteiger partial charge in [-0.3, -0.25) is 4.90 Å². The summed E-state index contributed by atoms with van der Waals surface area (Å²) in [6.07, 6.45) is 8.57. The van der Waals surface area contributed by atoms with Crippen LogP contribution in [0.15, 0.2) is 29.4 Å². The monoisotopic (exact) mass is 245 g/mol. The summed E-state index contributed by atoms with van der Waals surface area (Å²) >= 11 is 0. The molecule has 1 aromatic carbocycles. The van der Waals surface area contributed by atoms with E-state index in [1.165, 1.54) is 37.7 Å². The molecule has 0 spiro atoms. The van der Waals surface area contributed by atoms with E-state index < -0.39 is 0 Å². The molecular weight excluding hydrogens is 222 g/mol. The van der Waals surface area contributed by atoms with Gasteiger partial charge in [0.05, 0.1) is 6.21 Å². The zero-order chi connectivity index (χ0) is 12.8. The molecule has 98 valence electrons. The van der Waals surface area contributed by atoms with Gasteiger partial charge in [0.25, 0.3) is 0 Å². The standard InChI is InChI=1S/C15H23N3/c1-18(15-8-3-2-4-9-15)12-14-7-5-6-13(10-14)11-17-16/h5-7,10-11,15H,2-4,8-9,12,16H2,1H3. The van der Waals surface area contributed by atoms with Gasteiger partial charge in [0.2, 0.25) is 0 Å². The molecular formula is C15H23N3. The van der Waals surface area contributed by atoms with Crippen LogP contribution in [0, 0.1) is 0 Å². The van der Waals surface area contributed by atoms with E-state index in [1.807, 2.05) is 6.07 Å². The Morgan fingerprint density at radius 1 is 1.33 bits per heavy atom. The first-order chi connectivity index (χ1) is 8.79. The predicted molar refractivity (Wildman–Crippen MR) is 76.6 cm³/mol. The lowest BCUT2D eigenvalue weighted by Gasteiger charge is -2.31. The van der Waals surface area contributed by atoms with E-state index in [0.717, 1.165) is 18.2 Å². The largest absolute Gasteiger partial charge is 0.323 e. The molecule has 0 radical (unpaired) electrons. The number of hydrogen-bond acceptors (Lipinski definition) is 3. The number of rotatable bonds is 4. The predicted octanol–water partition coefficient (Wildman–Crippen LogP) is 2.74. The molecule has 1 aliphatic carbocycles. The third kappa shape index (κ3) is 3.57. The Kier molecular flexibility index (Phi) is 4.76. The van der Waals surface area contributed by atoms with Gasteiger partial charge in [-0.15, -0.1) is 0 Å². The van der Waals surface area contributed by atoms with Gasteiger partial charge in [0.1, 0.15) is 0 Å². The zero-order valence-electron chi connectivity index (χ0n) is 11.2. The normalized spacial score (nSPS) is 17.7. The van der Waals surface area contributed by atoms with Crippen LogP contribution in [0.5, 0.6) is 0 Å². The highest BCUT2D eigenvalue weighted by Crippen LogP contribution is 2.22. The number of nitrogens with zero attached hydrogens (tertiary/aromatic N) is 2. The van der Waals surface area contributed by atoms with E-state index >= 15 is 0 Å². The van der Waals surface area contributed by atoms with Gasteiger partial charge >= 0.3 is 0 Å². The summed E-state index contributed by atoms with van der Waals surface area (Å²) in [6, 6.07) is 9.19. The second-order valence-electron chi connectivity index (χ2n) is 5.23. The molecule has 18 heavy (non-hydrogen) atoms. The van der Waals surface area contributed by atoms with E-state index in [-0.39, 0.29) is 0 Å². The molecule has 2 rings (SSSR count). The Bertz CT molecular complexity index is 394. The average molecular weight is 245 g/mol. The smallest absolute Gasteiger partial charge is 0.0538 e. The molecule has 3 heteroatoms. The van der Waals surface area contributed by atoms with Crippen molar-refractivity contribution >= 4 is 6.21 Å². The van der Waals surface area contributed by atoms with Gasteiger partial charge in [0.15, 0.2) is 0 Å². The first-order valence-electron chi connectivity index (χ1n) is 6.82. The van der Waals surface area contributed by atoms with Crippen LogP contribution in [-0.2, 0) is 6.54 Å². The molecule has 2 N–H and O–H groups in total. The van der Waals surface area contributed by atoms with Crippen LogP contribution in [0.25, 0.3) is 0 Å². The molecule has 0 saturated heterocycles. The van der Waals surface area contributed by atoms with E-state index in [0.29, 0.717) is 0 Å². The van der Waals surface area contributed by atoms with Crippen molar-refractivity contribution in [3.63, 3.8) is 0 Å². The lowest BCUT2D eigenvalue weighted by molar-refractivity contribution is 0.184. The van der Waals surface area contributed by atoms with Crippen molar-refractivity contribution in [3.8, 4) is 0 Å². The maximum atomic E-state index is 5.19. The van der Waals surface area contributed by atoms with Crippen LogP contribution in [0.1, 0.15) is 43.2 Å². The fourth-order valence-corrected chi connectivity index (χ4v) is 2.80.